The number of ether oxygens (including phenoxy) is 1. The molecule has 0 aromatic heterocycles. The van der Waals surface area contributed by atoms with Crippen molar-refractivity contribution in [2.45, 2.75) is 26.3 Å². The molecule has 0 spiro atoms. The summed E-state index contributed by atoms with van der Waals surface area (Å²) in [6.07, 6.45) is 1.29. The molecule has 1 N–H and O–H groups in total. The maximum absolute atomic E-state index is 5.69. The van der Waals surface area contributed by atoms with E-state index in [9.17, 15) is 0 Å². The SMILES string of the molecule is CC(C)CN1CCOCC2CNCCC21.Cl.Cl. The highest BCUT2D eigenvalue weighted by Crippen LogP contribution is 2.22. The second-order valence-corrected chi connectivity index (χ2v) is 5.28. The Bertz CT molecular complexity index is 205. The lowest BCUT2D eigenvalue weighted by Crippen LogP contribution is -2.50. The summed E-state index contributed by atoms with van der Waals surface area (Å²) in [5.74, 6) is 1.47. The molecule has 0 aromatic carbocycles. The van der Waals surface area contributed by atoms with Gasteiger partial charge >= 0.3 is 0 Å². The average Bonchev–Trinajstić information content (AvgIpc) is 2.41. The van der Waals surface area contributed by atoms with Gasteiger partial charge in [-0.15, -0.1) is 24.8 Å². The van der Waals surface area contributed by atoms with Crippen LogP contribution in [0, 0.1) is 11.8 Å². The Hall–Kier alpha value is 0.460. The topological polar surface area (TPSA) is 24.5 Å². The van der Waals surface area contributed by atoms with Crippen LogP contribution in [-0.4, -0.2) is 50.3 Å². The number of rotatable bonds is 2. The zero-order valence-corrected chi connectivity index (χ0v) is 12.5. The van der Waals surface area contributed by atoms with Crippen LogP contribution >= 0.6 is 24.8 Å². The summed E-state index contributed by atoms with van der Waals surface area (Å²) >= 11 is 0. The van der Waals surface area contributed by atoms with Crippen LogP contribution in [0.15, 0.2) is 0 Å². The minimum Gasteiger partial charge on any atom is -0.380 e. The Morgan fingerprint density at radius 3 is 2.82 bits per heavy atom. The number of nitrogens with zero attached hydrogens (tertiary/aromatic N) is 1. The molecule has 2 saturated heterocycles. The number of halogens is 2. The monoisotopic (exact) mass is 284 g/mol. The molecule has 2 heterocycles. The maximum atomic E-state index is 5.69. The van der Waals surface area contributed by atoms with Crippen LogP contribution in [0.4, 0.5) is 0 Å². The van der Waals surface area contributed by atoms with Crippen molar-refractivity contribution in [3.05, 3.63) is 0 Å². The van der Waals surface area contributed by atoms with Crippen molar-refractivity contribution in [2.24, 2.45) is 11.8 Å². The zero-order valence-electron chi connectivity index (χ0n) is 10.9. The fourth-order valence-electron chi connectivity index (χ4n) is 2.84. The second-order valence-electron chi connectivity index (χ2n) is 5.28. The third kappa shape index (κ3) is 4.92. The first-order chi connectivity index (χ1) is 7.27. The van der Waals surface area contributed by atoms with Crippen LogP contribution in [0.1, 0.15) is 20.3 Å². The normalized spacial score (nSPS) is 29.8. The van der Waals surface area contributed by atoms with Crippen molar-refractivity contribution in [2.75, 3.05) is 39.4 Å². The molecule has 104 valence electrons. The van der Waals surface area contributed by atoms with Gasteiger partial charge in [0, 0.05) is 31.6 Å². The summed E-state index contributed by atoms with van der Waals surface area (Å²) < 4.78 is 5.69. The van der Waals surface area contributed by atoms with Crippen molar-refractivity contribution >= 4 is 24.8 Å². The molecule has 0 radical (unpaired) electrons. The Morgan fingerprint density at radius 2 is 2.12 bits per heavy atom. The van der Waals surface area contributed by atoms with Crippen LogP contribution in [0.25, 0.3) is 0 Å². The number of hydrogen-bond donors (Lipinski definition) is 1. The van der Waals surface area contributed by atoms with Crippen molar-refractivity contribution in [1.82, 2.24) is 10.2 Å². The molecule has 0 saturated carbocycles. The minimum absolute atomic E-state index is 0. The Labute approximate surface area is 117 Å². The van der Waals surface area contributed by atoms with E-state index in [0.717, 1.165) is 38.3 Å². The van der Waals surface area contributed by atoms with Crippen LogP contribution in [0.3, 0.4) is 0 Å². The molecule has 2 fully saturated rings. The molecule has 0 aliphatic carbocycles. The van der Waals surface area contributed by atoms with Crippen molar-refractivity contribution in [3.63, 3.8) is 0 Å². The first-order valence-corrected chi connectivity index (χ1v) is 6.30. The summed E-state index contributed by atoms with van der Waals surface area (Å²) in [6, 6.07) is 0.760. The quantitative estimate of drug-likeness (QED) is 0.837. The molecule has 2 rings (SSSR count). The molecule has 17 heavy (non-hydrogen) atoms. The van der Waals surface area contributed by atoms with Gasteiger partial charge in [0.25, 0.3) is 0 Å². The largest absolute Gasteiger partial charge is 0.380 e. The molecule has 2 aliphatic rings. The Morgan fingerprint density at radius 1 is 1.35 bits per heavy atom. The summed E-state index contributed by atoms with van der Waals surface area (Å²) in [5, 5.41) is 3.48. The molecule has 0 aromatic rings. The van der Waals surface area contributed by atoms with Crippen LogP contribution in [-0.2, 0) is 4.74 Å². The number of piperidine rings is 1. The van der Waals surface area contributed by atoms with Gasteiger partial charge in [-0.2, -0.15) is 0 Å². The first kappa shape index (κ1) is 17.5. The predicted octanol–water partition coefficient (Wildman–Crippen LogP) is 1.80. The standard InChI is InChI=1S/C12H24N2O.2ClH/c1-10(2)8-14-5-6-15-9-11-7-13-4-3-12(11)14;;/h10-13H,3-9H2,1-2H3;2*1H. The summed E-state index contributed by atoms with van der Waals surface area (Å²) in [4.78, 5) is 2.66. The molecule has 0 amide bonds. The first-order valence-electron chi connectivity index (χ1n) is 6.30. The molecule has 2 unspecified atom stereocenters. The van der Waals surface area contributed by atoms with E-state index in [2.05, 4.69) is 24.1 Å². The third-order valence-electron chi connectivity index (χ3n) is 3.49. The lowest BCUT2D eigenvalue weighted by Gasteiger charge is -2.38. The van der Waals surface area contributed by atoms with Gasteiger partial charge in [-0.05, 0) is 18.9 Å². The van der Waals surface area contributed by atoms with Gasteiger partial charge in [-0.1, -0.05) is 13.8 Å². The molecule has 5 heteroatoms. The number of fused-ring (bicyclic) bond motifs is 1. The third-order valence-corrected chi connectivity index (χ3v) is 3.49. The Kier molecular flexibility index (Phi) is 8.77. The zero-order chi connectivity index (χ0) is 10.7. The van der Waals surface area contributed by atoms with Crippen LogP contribution in [0.5, 0.6) is 0 Å². The fraction of sp³-hybridized carbons (Fsp3) is 1.00. The highest BCUT2D eigenvalue weighted by atomic mass is 35.5. The number of nitrogens with one attached hydrogen (secondary N) is 1. The molecule has 0 bridgehead atoms. The smallest absolute Gasteiger partial charge is 0.0593 e. The van der Waals surface area contributed by atoms with Gasteiger partial charge in [0.05, 0.1) is 13.2 Å². The predicted molar refractivity (Wildman–Crippen MR) is 76.5 cm³/mol. The van der Waals surface area contributed by atoms with Crippen molar-refractivity contribution in [3.8, 4) is 0 Å². The van der Waals surface area contributed by atoms with Gasteiger partial charge in [-0.25, -0.2) is 0 Å². The van der Waals surface area contributed by atoms with Gasteiger partial charge < -0.3 is 10.1 Å². The lowest BCUT2D eigenvalue weighted by molar-refractivity contribution is 0.0992. The van der Waals surface area contributed by atoms with Crippen molar-refractivity contribution in [1.29, 1.82) is 0 Å². The summed E-state index contributed by atoms with van der Waals surface area (Å²) in [7, 11) is 0. The van der Waals surface area contributed by atoms with E-state index in [0.29, 0.717) is 5.92 Å². The van der Waals surface area contributed by atoms with Crippen LogP contribution < -0.4 is 5.32 Å². The highest BCUT2D eigenvalue weighted by molar-refractivity contribution is 5.85. The number of hydrogen-bond acceptors (Lipinski definition) is 3. The van der Waals surface area contributed by atoms with E-state index in [1.54, 1.807) is 0 Å². The van der Waals surface area contributed by atoms with E-state index < -0.39 is 0 Å². The van der Waals surface area contributed by atoms with E-state index >= 15 is 0 Å². The van der Waals surface area contributed by atoms with E-state index in [1.165, 1.54) is 19.5 Å². The molecular formula is C12H26Cl2N2O. The van der Waals surface area contributed by atoms with Gasteiger partial charge in [0.2, 0.25) is 0 Å². The highest BCUT2D eigenvalue weighted by Gasteiger charge is 2.32. The maximum Gasteiger partial charge on any atom is 0.0593 e. The molecule has 3 nitrogen and oxygen atoms in total. The van der Waals surface area contributed by atoms with E-state index in [4.69, 9.17) is 4.74 Å². The van der Waals surface area contributed by atoms with E-state index in [1.807, 2.05) is 0 Å². The van der Waals surface area contributed by atoms with Gasteiger partial charge in [0.1, 0.15) is 0 Å². The fourth-order valence-corrected chi connectivity index (χ4v) is 2.84. The average molecular weight is 285 g/mol. The van der Waals surface area contributed by atoms with Gasteiger partial charge in [-0.3, -0.25) is 4.90 Å². The summed E-state index contributed by atoms with van der Waals surface area (Å²) in [5.41, 5.74) is 0. The molecular weight excluding hydrogens is 259 g/mol. The van der Waals surface area contributed by atoms with Crippen LogP contribution in [0.2, 0.25) is 0 Å². The van der Waals surface area contributed by atoms with Crippen molar-refractivity contribution < 1.29 is 4.74 Å². The van der Waals surface area contributed by atoms with E-state index in [-0.39, 0.29) is 24.8 Å². The van der Waals surface area contributed by atoms with Gasteiger partial charge in [0.15, 0.2) is 0 Å². The molecule has 2 atom stereocenters. The lowest BCUT2D eigenvalue weighted by atomic mass is 9.92. The Balaban J connectivity index is 0.00000128. The minimum atomic E-state index is 0. The summed E-state index contributed by atoms with van der Waals surface area (Å²) in [6.45, 7) is 11.1. The molecule has 2 aliphatic heterocycles. The second kappa shape index (κ2) is 8.54.